The molecule has 2 aromatic carbocycles. The minimum Gasteiger partial charge on any atom is -0.504 e. The van der Waals surface area contributed by atoms with E-state index in [4.69, 9.17) is 16.3 Å². The van der Waals surface area contributed by atoms with Gasteiger partial charge >= 0.3 is 0 Å². The Labute approximate surface area is 198 Å². The van der Waals surface area contributed by atoms with Gasteiger partial charge in [0.05, 0.1) is 17.7 Å². The maximum Gasteiger partial charge on any atom is 0.258 e. The average molecular weight is 492 g/mol. The van der Waals surface area contributed by atoms with Crippen LogP contribution < -0.4 is 10.2 Å². The lowest BCUT2D eigenvalue weighted by Crippen LogP contribution is -2.44. The minimum absolute atomic E-state index is 0.0342. The summed E-state index contributed by atoms with van der Waals surface area (Å²) in [7, 11) is -3.85. The van der Waals surface area contributed by atoms with Gasteiger partial charge in [-0.2, -0.15) is 9.41 Å². The topological polar surface area (TPSA) is 108 Å². The Hall–Kier alpha value is -2.88. The molecule has 0 aliphatic carbocycles. The summed E-state index contributed by atoms with van der Waals surface area (Å²) in [6.07, 6.45) is 4.46. The van der Waals surface area contributed by atoms with Crippen molar-refractivity contribution in [2.75, 3.05) is 13.2 Å². The van der Waals surface area contributed by atoms with E-state index in [0.29, 0.717) is 47.8 Å². The molecule has 0 unspecified atom stereocenters. The molecule has 33 heavy (non-hydrogen) atoms. The van der Waals surface area contributed by atoms with E-state index in [1.165, 1.54) is 34.8 Å². The Morgan fingerprint density at radius 2 is 2.09 bits per heavy atom. The summed E-state index contributed by atoms with van der Waals surface area (Å²) >= 11 is 5.86. The van der Waals surface area contributed by atoms with Crippen LogP contribution in [0.1, 0.15) is 30.9 Å². The first kappa shape index (κ1) is 24.8. The number of hydrazone groups is 1. The number of nitrogens with one attached hydrogen (secondary N) is 1. The number of hydrogen-bond donors (Lipinski definition) is 2. The zero-order valence-electron chi connectivity index (χ0n) is 18.2. The molecule has 0 saturated carbocycles. The molecule has 1 fully saturated rings. The van der Waals surface area contributed by atoms with Gasteiger partial charge in [-0.3, -0.25) is 4.79 Å². The number of benzene rings is 2. The number of halogens is 1. The van der Waals surface area contributed by atoms with Gasteiger partial charge in [-0.1, -0.05) is 17.7 Å². The molecule has 2 N–H and O–H groups in total. The van der Waals surface area contributed by atoms with E-state index in [9.17, 15) is 18.3 Å². The fraction of sp³-hybridized carbons (Fsp3) is 0.304. The van der Waals surface area contributed by atoms with Gasteiger partial charge < -0.3 is 9.84 Å². The van der Waals surface area contributed by atoms with Crippen LogP contribution in [0.15, 0.2) is 59.1 Å². The predicted octanol–water partition coefficient (Wildman–Crippen LogP) is 3.48. The standard InChI is InChI=1S/C23H26ClN3O5S/c1-3-6-17-13-16(14-21(22(17)28)32-4-2)15-25-26-23(29)20-7-5-12-27(20)33(30,31)19-10-8-18(24)9-11-19/h3,8-11,13-15,20,28H,1,4-7,12H2,2H3,(H,26,29)/b25-15-/t20-/m0/s1. The molecule has 176 valence electrons. The monoisotopic (exact) mass is 491 g/mol. The molecular formula is C23H26ClN3O5S. The van der Waals surface area contributed by atoms with Crippen LogP contribution in [0.3, 0.4) is 0 Å². The molecule has 0 radical (unpaired) electrons. The highest BCUT2D eigenvalue weighted by Gasteiger charge is 2.39. The van der Waals surface area contributed by atoms with Gasteiger partial charge in [0.15, 0.2) is 11.5 Å². The van der Waals surface area contributed by atoms with Crippen molar-refractivity contribution in [2.24, 2.45) is 5.10 Å². The number of allylic oxidation sites excluding steroid dienone is 1. The van der Waals surface area contributed by atoms with E-state index in [2.05, 4.69) is 17.1 Å². The van der Waals surface area contributed by atoms with E-state index in [1.807, 2.05) is 0 Å². The minimum atomic E-state index is -3.85. The lowest BCUT2D eigenvalue weighted by atomic mass is 10.1. The maximum atomic E-state index is 13.0. The third-order valence-electron chi connectivity index (χ3n) is 5.16. The van der Waals surface area contributed by atoms with Crippen LogP contribution in [-0.4, -0.2) is 49.1 Å². The number of rotatable bonds is 9. The second-order valence-corrected chi connectivity index (χ2v) is 9.74. The van der Waals surface area contributed by atoms with Gasteiger partial charge in [0.25, 0.3) is 5.91 Å². The molecular weight excluding hydrogens is 466 g/mol. The number of carbonyl (C=O) groups excluding carboxylic acids is 1. The zero-order chi connectivity index (χ0) is 24.0. The zero-order valence-corrected chi connectivity index (χ0v) is 19.8. The Bertz CT molecular complexity index is 1150. The summed E-state index contributed by atoms with van der Waals surface area (Å²) < 4.78 is 32.7. The van der Waals surface area contributed by atoms with Gasteiger partial charge in [0.1, 0.15) is 6.04 Å². The van der Waals surface area contributed by atoms with Crippen molar-refractivity contribution in [3.05, 3.63) is 65.2 Å². The van der Waals surface area contributed by atoms with Gasteiger partial charge in [-0.15, -0.1) is 6.58 Å². The van der Waals surface area contributed by atoms with E-state index in [-0.39, 0.29) is 17.2 Å². The summed E-state index contributed by atoms with van der Waals surface area (Å²) in [6.45, 7) is 6.10. The van der Waals surface area contributed by atoms with Crippen molar-refractivity contribution < 1.29 is 23.1 Å². The number of phenolic OH excluding ortho intramolecular Hbond substituents is 1. The summed E-state index contributed by atoms with van der Waals surface area (Å²) in [4.78, 5) is 12.8. The fourth-order valence-electron chi connectivity index (χ4n) is 3.62. The van der Waals surface area contributed by atoms with Crippen LogP contribution >= 0.6 is 11.6 Å². The summed E-state index contributed by atoms with van der Waals surface area (Å²) in [5.41, 5.74) is 3.65. The molecule has 1 amide bonds. The van der Waals surface area contributed by atoms with Crippen LogP contribution in [-0.2, 0) is 21.2 Å². The summed E-state index contributed by atoms with van der Waals surface area (Å²) in [6, 6.07) is 8.29. The number of aromatic hydroxyl groups is 1. The SMILES string of the molecule is C=CCc1cc(/C=N\NC(=O)[C@@H]2CCCN2S(=O)(=O)c2ccc(Cl)cc2)cc(OCC)c1O. The number of hydrogen-bond acceptors (Lipinski definition) is 6. The van der Waals surface area contributed by atoms with Crippen LogP contribution in [0.25, 0.3) is 0 Å². The summed E-state index contributed by atoms with van der Waals surface area (Å²) in [5.74, 6) is -0.177. The smallest absolute Gasteiger partial charge is 0.258 e. The molecule has 0 spiro atoms. The Morgan fingerprint density at radius 3 is 2.76 bits per heavy atom. The number of phenols is 1. The molecule has 0 bridgehead atoms. The first-order valence-corrected chi connectivity index (χ1v) is 12.3. The van der Waals surface area contributed by atoms with Crippen LogP contribution in [0.2, 0.25) is 5.02 Å². The average Bonchev–Trinajstić information content (AvgIpc) is 3.28. The maximum absolute atomic E-state index is 13.0. The molecule has 1 heterocycles. The van der Waals surface area contributed by atoms with Crippen molar-refractivity contribution in [1.82, 2.24) is 9.73 Å². The molecule has 3 rings (SSSR count). The lowest BCUT2D eigenvalue weighted by Gasteiger charge is -2.22. The van der Waals surface area contributed by atoms with Gasteiger partial charge in [-0.25, -0.2) is 13.8 Å². The number of ether oxygens (including phenoxy) is 1. The van der Waals surface area contributed by atoms with E-state index >= 15 is 0 Å². The second-order valence-electron chi connectivity index (χ2n) is 7.41. The Morgan fingerprint density at radius 1 is 1.36 bits per heavy atom. The lowest BCUT2D eigenvalue weighted by molar-refractivity contribution is -0.124. The van der Waals surface area contributed by atoms with Crippen molar-refractivity contribution in [1.29, 1.82) is 0 Å². The second kappa shape index (κ2) is 10.8. The molecule has 1 aliphatic rings. The van der Waals surface area contributed by atoms with Gasteiger partial charge in [0.2, 0.25) is 10.0 Å². The first-order valence-electron chi connectivity index (χ1n) is 10.5. The van der Waals surface area contributed by atoms with Crippen LogP contribution in [0, 0.1) is 0 Å². The molecule has 1 saturated heterocycles. The van der Waals surface area contributed by atoms with Crippen LogP contribution in [0.4, 0.5) is 0 Å². The van der Waals surface area contributed by atoms with Crippen molar-refractivity contribution in [3.8, 4) is 11.5 Å². The highest BCUT2D eigenvalue weighted by Crippen LogP contribution is 2.32. The van der Waals surface area contributed by atoms with Gasteiger partial charge in [-0.05, 0) is 68.1 Å². The molecule has 0 aromatic heterocycles. The Balaban J connectivity index is 1.74. The third-order valence-corrected chi connectivity index (χ3v) is 7.33. The van der Waals surface area contributed by atoms with Crippen molar-refractivity contribution in [3.63, 3.8) is 0 Å². The largest absolute Gasteiger partial charge is 0.504 e. The molecule has 1 atom stereocenters. The highest BCUT2D eigenvalue weighted by molar-refractivity contribution is 7.89. The van der Waals surface area contributed by atoms with Crippen molar-refractivity contribution in [2.45, 2.75) is 37.1 Å². The highest BCUT2D eigenvalue weighted by atomic mass is 35.5. The molecule has 1 aliphatic heterocycles. The number of sulfonamides is 1. The number of nitrogens with zero attached hydrogens (tertiary/aromatic N) is 2. The predicted molar refractivity (Wildman–Crippen MR) is 127 cm³/mol. The molecule has 10 heteroatoms. The normalized spacial score (nSPS) is 16.7. The number of amides is 1. The van der Waals surface area contributed by atoms with E-state index in [0.717, 1.165) is 0 Å². The first-order chi connectivity index (χ1) is 15.8. The Kier molecular flexibility index (Phi) is 8.12. The fourth-order valence-corrected chi connectivity index (χ4v) is 5.40. The van der Waals surface area contributed by atoms with E-state index < -0.39 is 22.0 Å². The van der Waals surface area contributed by atoms with Crippen molar-refractivity contribution >= 4 is 33.7 Å². The third kappa shape index (κ3) is 5.73. The summed E-state index contributed by atoms with van der Waals surface area (Å²) in [5, 5.41) is 14.7. The number of carbonyl (C=O) groups is 1. The quantitative estimate of drug-likeness (QED) is 0.317. The van der Waals surface area contributed by atoms with Gasteiger partial charge in [0, 0.05) is 17.1 Å². The molecule has 8 nitrogen and oxygen atoms in total. The molecule has 2 aromatic rings. The van der Waals surface area contributed by atoms with Crippen LogP contribution in [0.5, 0.6) is 11.5 Å². The van der Waals surface area contributed by atoms with E-state index in [1.54, 1.807) is 25.1 Å².